The van der Waals surface area contributed by atoms with Crippen LogP contribution in [0.25, 0.3) is 5.69 Å². The van der Waals surface area contributed by atoms with Crippen molar-refractivity contribution < 1.29 is 9.90 Å². The van der Waals surface area contributed by atoms with Crippen molar-refractivity contribution >= 4 is 17.6 Å². The van der Waals surface area contributed by atoms with Gasteiger partial charge in [-0.1, -0.05) is 17.7 Å². The van der Waals surface area contributed by atoms with Gasteiger partial charge in [-0.05, 0) is 49.9 Å². The first-order chi connectivity index (χ1) is 11.1. The van der Waals surface area contributed by atoms with E-state index in [0.29, 0.717) is 25.8 Å². The molecule has 0 bridgehead atoms. The minimum absolute atomic E-state index is 0.432. The Hall–Kier alpha value is -1.85. The van der Waals surface area contributed by atoms with Gasteiger partial charge >= 0.3 is 5.97 Å². The molecule has 1 unspecified atom stereocenters. The molecule has 0 amide bonds. The molecule has 6 heteroatoms. The maximum atomic E-state index is 11.4. The van der Waals surface area contributed by atoms with Crippen molar-refractivity contribution in [2.24, 2.45) is 11.7 Å². The van der Waals surface area contributed by atoms with E-state index in [-0.39, 0.29) is 0 Å². The Kier molecular flexibility index (Phi) is 4.68. The zero-order valence-electron chi connectivity index (χ0n) is 12.8. The van der Waals surface area contributed by atoms with Crippen LogP contribution < -0.4 is 5.73 Å². The van der Waals surface area contributed by atoms with E-state index in [1.54, 1.807) is 6.33 Å². The van der Waals surface area contributed by atoms with Crippen molar-refractivity contribution in [3.05, 3.63) is 46.5 Å². The summed E-state index contributed by atoms with van der Waals surface area (Å²) in [5.74, 6) is -1.21. The number of hydrogen-bond donors (Lipinski definition) is 2. The molecular weight excluding hydrogens is 314 g/mol. The van der Waals surface area contributed by atoms with E-state index >= 15 is 0 Å². The van der Waals surface area contributed by atoms with Crippen LogP contribution in [-0.2, 0) is 24.1 Å². The second kappa shape index (κ2) is 6.72. The van der Waals surface area contributed by atoms with Gasteiger partial charge in [0.25, 0.3) is 0 Å². The molecule has 0 saturated carbocycles. The Morgan fingerprint density at radius 3 is 3.00 bits per heavy atom. The number of aromatic nitrogens is 2. The van der Waals surface area contributed by atoms with Crippen LogP contribution in [-0.4, -0.2) is 27.2 Å². The van der Waals surface area contributed by atoms with Crippen molar-refractivity contribution in [1.82, 2.24) is 9.55 Å². The SMILES string of the molecule is NCCCC(Cc1ncn2c1CCc1c(Cl)cccc1-2)C(=O)O. The van der Waals surface area contributed by atoms with Crippen LogP contribution in [0.5, 0.6) is 0 Å². The third-order valence-electron chi connectivity index (χ3n) is 4.46. The minimum atomic E-state index is -0.778. The van der Waals surface area contributed by atoms with Gasteiger partial charge in [-0.15, -0.1) is 0 Å². The quantitative estimate of drug-likeness (QED) is 0.851. The number of benzene rings is 1. The van der Waals surface area contributed by atoms with Crippen molar-refractivity contribution in [3.63, 3.8) is 0 Å². The summed E-state index contributed by atoms with van der Waals surface area (Å²) in [5, 5.41) is 10.2. The number of rotatable bonds is 6. The van der Waals surface area contributed by atoms with E-state index in [4.69, 9.17) is 17.3 Å². The first-order valence-electron chi connectivity index (χ1n) is 7.87. The van der Waals surface area contributed by atoms with Gasteiger partial charge < -0.3 is 15.4 Å². The van der Waals surface area contributed by atoms with Gasteiger partial charge in [0.1, 0.15) is 0 Å². The number of hydrogen-bond acceptors (Lipinski definition) is 3. The van der Waals surface area contributed by atoms with Crippen LogP contribution in [0.1, 0.15) is 29.8 Å². The number of imidazole rings is 1. The molecule has 2 heterocycles. The highest BCUT2D eigenvalue weighted by atomic mass is 35.5. The van der Waals surface area contributed by atoms with Gasteiger partial charge in [0.15, 0.2) is 0 Å². The van der Waals surface area contributed by atoms with Crippen LogP contribution in [0, 0.1) is 5.92 Å². The summed E-state index contributed by atoms with van der Waals surface area (Å²) in [5.41, 5.74) is 9.65. The van der Waals surface area contributed by atoms with E-state index in [1.807, 2.05) is 22.8 Å². The molecule has 0 fully saturated rings. The van der Waals surface area contributed by atoms with E-state index < -0.39 is 11.9 Å². The van der Waals surface area contributed by atoms with Gasteiger partial charge in [-0.3, -0.25) is 4.79 Å². The van der Waals surface area contributed by atoms with E-state index in [2.05, 4.69) is 4.98 Å². The highest BCUT2D eigenvalue weighted by Crippen LogP contribution is 2.32. The smallest absolute Gasteiger partial charge is 0.306 e. The second-order valence-electron chi connectivity index (χ2n) is 5.92. The largest absolute Gasteiger partial charge is 0.481 e. The summed E-state index contributed by atoms with van der Waals surface area (Å²) in [6.07, 6.45) is 5.21. The van der Waals surface area contributed by atoms with Crippen molar-refractivity contribution in [3.8, 4) is 5.69 Å². The predicted octanol–water partition coefficient (Wildman–Crippen LogP) is 2.61. The molecule has 0 radical (unpaired) electrons. The number of carbonyl (C=O) groups is 1. The number of aliphatic carboxylic acids is 1. The Morgan fingerprint density at radius 2 is 2.26 bits per heavy atom. The van der Waals surface area contributed by atoms with Gasteiger partial charge in [0.2, 0.25) is 0 Å². The van der Waals surface area contributed by atoms with Crippen LogP contribution in [0.2, 0.25) is 5.02 Å². The zero-order chi connectivity index (χ0) is 16.4. The molecule has 1 aliphatic heterocycles. The fraction of sp³-hybridized carbons (Fsp3) is 0.412. The van der Waals surface area contributed by atoms with Crippen molar-refractivity contribution in [2.75, 3.05) is 6.54 Å². The highest BCUT2D eigenvalue weighted by molar-refractivity contribution is 6.31. The first-order valence-corrected chi connectivity index (χ1v) is 8.25. The van der Waals surface area contributed by atoms with Crippen LogP contribution >= 0.6 is 11.6 Å². The summed E-state index contributed by atoms with van der Waals surface area (Å²) in [4.78, 5) is 15.9. The maximum Gasteiger partial charge on any atom is 0.306 e. The lowest BCUT2D eigenvalue weighted by molar-refractivity contribution is -0.142. The molecule has 1 aliphatic rings. The second-order valence-corrected chi connectivity index (χ2v) is 6.32. The molecule has 0 spiro atoms. The van der Waals surface area contributed by atoms with Crippen LogP contribution in [0.4, 0.5) is 0 Å². The average molecular weight is 334 g/mol. The topological polar surface area (TPSA) is 81.1 Å². The fourth-order valence-electron chi connectivity index (χ4n) is 3.23. The Bertz CT molecular complexity index is 727. The third-order valence-corrected chi connectivity index (χ3v) is 4.82. The number of carboxylic acid groups (broad SMARTS) is 1. The maximum absolute atomic E-state index is 11.4. The van der Waals surface area contributed by atoms with E-state index in [9.17, 15) is 9.90 Å². The molecule has 122 valence electrons. The molecule has 3 N–H and O–H groups in total. The van der Waals surface area contributed by atoms with Crippen LogP contribution in [0.15, 0.2) is 24.5 Å². The Morgan fingerprint density at radius 1 is 1.43 bits per heavy atom. The summed E-state index contributed by atoms with van der Waals surface area (Å²) in [6.45, 7) is 0.511. The standard InChI is InChI=1S/C17H20ClN3O2/c18-13-4-1-5-15-12(13)6-7-16-14(20-10-21(15)16)9-11(17(22)23)3-2-8-19/h1,4-5,10-11H,2-3,6-9,19H2,(H,22,23). The molecule has 1 aromatic heterocycles. The summed E-state index contributed by atoms with van der Waals surface area (Å²) in [6, 6.07) is 5.85. The van der Waals surface area contributed by atoms with Gasteiger partial charge in [-0.2, -0.15) is 0 Å². The minimum Gasteiger partial charge on any atom is -0.481 e. The molecule has 23 heavy (non-hydrogen) atoms. The van der Waals surface area contributed by atoms with Gasteiger partial charge in [0, 0.05) is 17.1 Å². The molecule has 1 atom stereocenters. The van der Waals surface area contributed by atoms with E-state index in [0.717, 1.165) is 40.5 Å². The molecule has 0 saturated heterocycles. The third kappa shape index (κ3) is 3.12. The molecule has 1 aromatic carbocycles. The lowest BCUT2D eigenvalue weighted by Crippen LogP contribution is -2.20. The fourth-order valence-corrected chi connectivity index (χ4v) is 3.49. The van der Waals surface area contributed by atoms with Crippen molar-refractivity contribution in [2.45, 2.75) is 32.1 Å². The number of nitrogens with zero attached hydrogens (tertiary/aromatic N) is 2. The lowest BCUT2D eigenvalue weighted by Gasteiger charge is -2.21. The summed E-state index contributed by atoms with van der Waals surface area (Å²) in [7, 11) is 0. The lowest BCUT2D eigenvalue weighted by atomic mass is 9.94. The normalized spacial score (nSPS) is 14.2. The van der Waals surface area contributed by atoms with Crippen LogP contribution in [0.3, 0.4) is 0 Å². The summed E-state index contributed by atoms with van der Waals surface area (Å²) >= 11 is 6.28. The highest BCUT2D eigenvalue weighted by Gasteiger charge is 2.25. The summed E-state index contributed by atoms with van der Waals surface area (Å²) < 4.78 is 2.04. The first kappa shape index (κ1) is 16.0. The Labute approximate surface area is 140 Å². The zero-order valence-corrected chi connectivity index (χ0v) is 13.6. The molecule has 3 rings (SSSR count). The molecule has 2 aromatic rings. The van der Waals surface area contributed by atoms with Gasteiger partial charge in [-0.25, -0.2) is 4.98 Å². The number of carboxylic acids is 1. The number of fused-ring (bicyclic) bond motifs is 3. The molecule has 0 aliphatic carbocycles. The number of halogens is 1. The molecule has 5 nitrogen and oxygen atoms in total. The van der Waals surface area contributed by atoms with E-state index in [1.165, 1.54) is 0 Å². The average Bonchev–Trinajstić information content (AvgIpc) is 2.95. The Balaban J connectivity index is 1.89. The number of nitrogens with two attached hydrogens (primary N) is 1. The van der Waals surface area contributed by atoms with Gasteiger partial charge in [0.05, 0.1) is 23.6 Å². The molecular formula is C17H20ClN3O2. The predicted molar refractivity (Wildman–Crippen MR) is 89.1 cm³/mol. The van der Waals surface area contributed by atoms with Crippen molar-refractivity contribution in [1.29, 1.82) is 0 Å². The monoisotopic (exact) mass is 333 g/mol.